The van der Waals surface area contributed by atoms with Crippen molar-refractivity contribution in [3.8, 4) is 11.5 Å². The summed E-state index contributed by atoms with van der Waals surface area (Å²) in [5.41, 5.74) is 1.23. The molecule has 0 aliphatic rings. The number of halogens is 3. The molecule has 2 aromatic rings. The maximum atomic E-state index is 14.1. The van der Waals surface area contributed by atoms with Crippen LogP contribution in [0.1, 0.15) is 37.3 Å². The standard InChI is InChI=1S/C22H28BrClFNO3/c1-3-4-12-28-13-6-11-26-14-16-18(23)9-10-21(27-2)22(16)29-15-17-19(24)7-5-8-20(17)25/h5,7-10,26H,3-4,6,11-15H2,1-2H3. The van der Waals surface area contributed by atoms with E-state index in [1.54, 1.807) is 19.2 Å². The van der Waals surface area contributed by atoms with Crippen LogP contribution in [0.3, 0.4) is 0 Å². The highest BCUT2D eigenvalue weighted by Gasteiger charge is 2.16. The summed E-state index contributed by atoms with van der Waals surface area (Å²) in [5, 5.41) is 3.74. The lowest BCUT2D eigenvalue weighted by Gasteiger charge is -2.18. The van der Waals surface area contributed by atoms with Crippen molar-refractivity contribution in [2.75, 3.05) is 26.9 Å². The molecule has 0 aliphatic carbocycles. The molecule has 0 spiro atoms. The van der Waals surface area contributed by atoms with Crippen molar-refractivity contribution in [3.63, 3.8) is 0 Å². The van der Waals surface area contributed by atoms with Crippen LogP contribution in [0.25, 0.3) is 0 Å². The van der Waals surface area contributed by atoms with Gasteiger partial charge in [0.25, 0.3) is 0 Å². The van der Waals surface area contributed by atoms with Gasteiger partial charge in [-0.25, -0.2) is 4.39 Å². The van der Waals surface area contributed by atoms with Gasteiger partial charge in [-0.05, 0) is 43.7 Å². The van der Waals surface area contributed by atoms with Crippen molar-refractivity contribution in [1.82, 2.24) is 5.32 Å². The number of hydrogen-bond donors (Lipinski definition) is 1. The Labute approximate surface area is 185 Å². The maximum absolute atomic E-state index is 14.1. The average molecular weight is 489 g/mol. The lowest BCUT2D eigenvalue weighted by Crippen LogP contribution is -2.18. The van der Waals surface area contributed by atoms with E-state index < -0.39 is 5.82 Å². The van der Waals surface area contributed by atoms with Crippen LogP contribution in [-0.4, -0.2) is 26.9 Å². The number of ether oxygens (including phenoxy) is 3. The van der Waals surface area contributed by atoms with Gasteiger partial charge in [0.05, 0.1) is 12.1 Å². The van der Waals surface area contributed by atoms with Gasteiger partial charge in [0.1, 0.15) is 12.4 Å². The fraction of sp³-hybridized carbons (Fsp3) is 0.455. The molecule has 0 unspecified atom stereocenters. The first-order chi connectivity index (χ1) is 14.1. The van der Waals surface area contributed by atoms with Crippen LogP contribution >= 0.6 is 27.5 Å². The largest absolute Gasteiger partial charge is 0.493 e. The minimum Gasteiger partial charge on any atom is -0.493 e. The molecule has 2 rings (SSSR count). The molecule has 2 aromatic carbocycles. The van der Waals surface area contributed by atoms with Crippen molar-refractivity contribution in [2.45, 2.75) is 39.3 Å². The SMILES string of the molecule is CCCCOCCCNCc1c(Br)ccc(OC)c1OCc1c(F)cccc1Cl. The number of unbranched alkanes of at least 4 members (excludes halogenated alkanes) is 1. The van der Waals surface area contributed by atoms with Crippen LogP contribution in [0.5, 0.6) is 11.5 Å². The van der Waals surface area contributed by atoms with E-state index in [0.717, 1.165) is 49.1 Å². The fourth-order valence-electron chi connectivity index (χ4n) is 2.74. The van der Waals surface area contributed by atoms with Crippen LogP contribution in [0, 0.1) is 5.82 Å². The molecule has 0 bridgehead atoms. The lowest BCUT2D eigenvalue weighted by atomic mass is 10.1. The van der Waals surface area contributed by atoms with E-state index in [2.05, 4.69) is 28.2 Å². The molecular formula is C22H28BrClFNO3. The molecule has 4 nitrogen and oxygen atoms in total. The summed E-state index contributed by atoms with van der Waals surface area (Å²) < 4.78 is 32.0. The molecule has 0 aromatic heterocycles. The minimum atomic E-state index is -0.394. The summed E-state index contributed by atoms with van der Waals surface area (Å²) >= 11 is 9.70. The summed E-state index contributed by atoms with van der Waals surface area (Å²) in [6, 6.07) is 8.31. The second-order valence-electron chi connectivity index (χ2n) is 6.54. The first-order valence-electron chi connectivity index (χ1n) is 9.78. The Balaban J connectivity index is 2.00. The van der Waals surface area contributed by atoms with Crippen LogP contribution in [0.4, 0.5) is 4.39 Å². The average Bonchev–Trinajstić information content (AvgIpc) is 2.71. The number of benzene rings is 2. The zero-order valence-corrected chi connectivity index (χ0v) is 19.2. The van der Waals surface area contributed by atoms with Gasteiger partial charge in [-0.15, -0.1) is 0 Å². The quantitative estimate of drug-likeness (QED) is 0.345. The van der Waals surface area contributed by atoms with Gasteiger partial charge in [0.15, 0.2) is 11.5 Å². The number of rotatable bonds is 13. The van der Waals surface area contributed by atoms with E-state index in [-0.39, 0.29) is 6.61 Å². The molecule has 0 radical (unpaired) electrons. The van der Waals surface area contributed by atoms with E-state index >= 15 is 0 Å². The van der Waals surface area contributed by atoms with Crippen molar-refractivity contribution in [3.05, 3.63) is 56.8 Å². The Morgan fingerprint density at radius 2 is 1.90 bits per heavy atom. The zero-order valence-electron chi connectivity index (χ0n) is 16.9. The molecule has 0 amide bonds. The molecular weight excluding hydrogens is 461 g/mol. The second-order valence-corrected chi connectivity index (χ2v) is 7.80. The monoisotopic (exact) mass is 487 g/mol. The van der Waals surface area contributed by atoms with Gasteiger partial charge in [0, 0.05) is 35.4 Å². The Hall–Kier alpha value is -1.34. The summed E-state index contributed by atoms with van der Waals surface area (Å²) in [5.74, 6) is 0.752. The number of hydrogen-bond acceptors (Lipinski definition) is 4. The summed E-state index contributed by atoms with van der Waals surface area (Å²) in [6.45, 7) is 5.10. The number of methoxy groups -OCH3 is 1. The van der Waals surface area contributed by atoms with Gasteiger partial charge in [-0.3, -0.25) is 0 Å². The van der Waals surface area contributed by atoms with Gasteiger partial charge >= 0.3 is 0 Å². The molecule has 160 valence electrons. The van der Waals surface area contributed by atoms with Crippen molar-refractivity contribution >= 4 is 27.5 Å². The summed E-state index contributed by atoms with van der Waals surface area (Å²) in [6.07, 6.45) is 3.16. The molecule has 0 aliphatic heterocycles. The Morgan fingerprint density at radius 1 is 1.10 bits per heavy atom. The third kappa shape index (κ3) is 7.45. The first kappa shape index (κ1) is 23.9. The second kappa shape index (κ2) is 13.1. The highest BCUT2D eigenvalue weighted by molar-refractivity contribution is 9.10. The van der Waals surface area contributed by atoms with Gasteiger partial charge in [0.2, 0.25) is 0 Å². The van der Waals surface area contributed by atoms with Crippen molar-refractivity contribution in [2.24, 2.45) is 0 Å². The van der Waals surface area contributed by atoms with E-state index in [1.807, 2.05) is 12.1 Å². The summed E-state index contributed by atoms with van der Waals surface area (Å²) in [4.78, 5) is 0. The Bertz CT molecular complexity index is 756. The third-order valence-electron chi connectivity index (χ3n) is 4.40. The Morgan fingerprint density at radius 3 is 2.62 bits per heavy atom. The van der Waals surface area contributed by atoms with Crippen LogP contribution in [-0.2, 0) is 17.9 Å². The molecule has 1 N–H and O–H groups in total. The molecule has 0 saturated carbocycles. The van der Waals surface area contributed by atoms with Gasteiger partial charge in [-0.1, -0.05) is 46.9 Å². The zero-order chi connectivity index (χ0) is 21.1. The normalized spacial score (nSPS) is 10.9. The van der Waals surface area contributed by atoms with Gasteiger partial charge in [-0.2, -0.15) is 0 Å². The van der Waals surface area contributed by atoms with Crippen LogP contribution < -0.4 is 14.8 Å². The van der Waals surface area contributed by atoms with Crippen LogP contribution in [0.2, 0.25) is 5.02 Å². The fourth-order valence-corrected chi connectivity index (χ4v) is 3.41. The third-order valence-corrected chi connectivity index (χ3v) is 5.49. The highest BCUT2D eigenvalue weighted by Crippen LogP contribution is 2.37. The van der Waals surface area contributed by atoms with Crippen molar-refractivity contribution < 1.29 is 18.6 Å². The predicted octanol–water partition coefficient (Wildman–Crippen LogP) is 6.13. The Kier molecular flexibility index (Phi) is 10.8. The van der Waals surface area contributed by atoms with E-state index in [9.17, 15) is 4.39 Å². The first-order valence-corrected chi connectivity index (χ1v) is 10.9. The highest BCUT2D eigenvalue weighted by atomic mass is 79.9. The maximum Gasteiger partial charge on any atom is 0.167 e. The van der Waals surface area contributed by atoms with E-state index in [1.165, 1.54) is 6.07 Å². The molecule has 7 heteroatoms. The predicted molar refractivity (Wildman–Crippen MR) is 118 cm³/mol. The van der Waals surface area contributed by atoms with E-state index in [0.29, 0.717) is 28.6 Å². The van der Waals surface area contributed by atoms with Crippen molar-refractivity contribution in [1.29, 1.82) is 0 Å². The minimum absolute atomic E-state index is 0.0105. The molecule has 29 heavy (non-hydrogen) atoms. The van der Waals surface area contributed by atoms with Crippen LogP contribution in [0.15, 0.2) is 34.8 Å². The summed E-state index contributed by atoms with van der Waals surface area (Å²) in [7, 11) is 1.58. The molecule has 0 atom stereocenters. The molecule has 0 saturated heterocycles. The van der Waals surface area contributed by atoms with Gasteiger partial charge < -0.3 is 19.5 Å². The van der Waals surface area contributed by atoms with E-state index in [4.69, 9.17) is 25.8 Å². The smallest absolute Gasteiger partial charge is 0.167 e. The number of nitrogens with one attached hydrogen (secondary N) is 1. The topological polar surface area (TPSA) is 39.7 Å². The molecule has 0 fully saturated rings. The lowest BCUT2D eigenvalue weighted by molar-refractivity contribution is 0.128. The molecule has 0 heterocycles.